The summed E-state index contributed by atoms with van der Waals surface area (Å²) >= 11 is 0. The molecule has 2 aliphatic rings. The highest BCUT2D eigenvalue weighted by atomic mass is 31.2. The molecular weight excluding hydrogens is 304 g/mol. The van der Waals surface area contributed by atoms with E-state index in [0.29, 0.717) is 0 Å². The number of fused-ring (bicyclic) bond motifs is 2. The fourth-order valence-electron chi connectivity index (χ4n) is 2.14. The van der Waals surface area contributed by atoms with Crippen LogP contribution >= 0.6 is 7.82 Å². The summed E-state index contributed by atoms with van der Waals surface area (Å²) in [7, 11) is -4.34. The van der Waals surface area contributed by atoms with Gasteiger partial charge in [0, 0.05) is 0 Å². The summed E-state index contributed by atoms with van der Waals surface area (Å²) in [6.45, 7) is 0. The second-order valence-corrected chi connectivity index (χ2v) is 5.52. The lowest BCUT2D eigenvalue weighted by Gasteiger charge is -2.15. The number of phosphoric ester groups is 1. The normalized spacial score (nSPS) is 22.6. The second kappa shape index (κ2) is 3.12. The van der Waals surface area contributed by atoms with Crippen LogP contribution in [0.3, 0.4) is 0 Å². The third-order valence-corrected chi connectivity index (χ3v) is 4.08. The molecule has 2 aromatic rings. The van der Waals surface area contributed by atoms with Crippen molar-refractivity contribution < 1.29 is 35.7 Å². The van der Waals surface area contributed by atoms with Gasteiger partial charge >= 0.3 is 19.6 Å². The molecule has 0 saturated carbocycles. The summed E-state index contributed by atoms with van der Waals surface area (Å²) in [5, 5.41) is -0.542. The van der Waals surface area contributed by atoms with Crippen molar-refractivity contribution in [1.82, 2.24) is 0 Å². The van der Waals surface area contributed by atoms with E-state index in [0.717, 1.165) is 6.07 Å². The lowest BCUT2D eigenvalue weighted by atomic mass is 10.1. The van der Waals surface area contributed by atoms with Gasteiger partial charge in [0.1, 0.15) is 11.1 Å². The van der Waals surface area contributed by atoms with Crippen molar-refractivity contribution in [2.45, 2.75) is 6.18 Å². The van der Waals surface area contributed by atoms with Crippen molar-refractivity contribution in [1.29, 1.82) is 0 Å². The third-order valence-electron chi connectivity index (χ3n) is 2.85. The first-order valence-electron chi connectivity index (χ1n) is 5.18. The largest absolute Gasteiger partial charge is 0.647 e. The molecule has 1 aromatic carbocycles. The van der Waals surface area contributed by atoms with Crippen molar-refractivity contribution in [2.24, 2.45) is 0 Å². The van der Waals surface area contributed by atoms with Crippen molar-refractivity contribution >= 4 is 18.8 Å². The lowest BCUT2D eigenvalue weighted by Crippen LogP contribution is -2.16. The van der Waals surface area contributed by atoms with E-state index in [1.807, 2.05) is 0 Å². The van der Waals surface area contributed by atoms with Gasteiger partial charge < -0.3 is 18.0 Å². The molecule has 0 saturated heterocycles. The monoisotopic (exact) mass is 306 g/mol. The number of alkyl halides is 3. The molecule has 1 unspecified atom stereocenters. The maximum absolute atomic E-state index is 13.2. The highest BCUT2D eigenvalue weighted by Gasteiger charge is 2.52. The molecular formula is C10H2F3O6P. The van der Waals surface area contributed by atoms with Gasteiger partial charge in [0.25, 0.3) is 0 Å². The maximum Gasteiger partial charge on any atom is 0.647 e. The molecule has 4 bridgehead atoms. The Hall–Kier alpha value is -2.15. The van der Waals surface area contributed by atoms with Gasteiger partial charge in [0.15, 0.2) is 11.5 Å². The molecule has 0 spiro atoms. The Morgan fingerprint density at radius 1 is 1.05 bits per heavy atom. The number of hydrogen-bond donors (Lipinski definition) is 0. The maximum atomic E-state index is 13.2. The summed E-state index contributed by atoms with van der Waals surface area (Å²) in [4.78, 5) is 11.6. The van der Waals surface area contributed by atoms with Crippen LogP contribution in [0, 0.1) is 0 Å². The molecule has 0 amide bonds. The smallest absolute Gasteiger partial charge is 0.420 e. The molecule has 20 heavy (non-hydrogen) atoms. The van der Waals surface area contributed by atoms with Crippen LogP contribution in [0.1, 0.15) is 5.56 Å². The van der Waals surface area contributed by atoms with E-state index < -0.39 is 42.1 Å². The lowest BCUT2D eigenvalue weighted by molar-refractivity contribution is -0.137. The van der Waals surface area contributed by atoms with Crippen LogP contribution in [0.4, 0.5) is 13.2 Å². The average molecular weight is 306 g/mol. The molecule has 2 aliphatic heterocycles. The van der Waals surface area contributed by atoms with Crippen molar-refractivity contribution in [3.63, 3.8) is 0 Å². The van der Waals surface area contributed by atoms with Gasteiger partial charge in [-0.15, -0.1) is 0 Å². The molecule has 3 heterocycles. The van der Waals surface area contributed by atoms with Crippen molar-refractivity contribution in [2.75, 3.05) is 0 Å². The molecule has 0 aliphatic carbocycles. The van der Waals surface area contributed by atoms with Crippen LogP contribution in [0.25, 0.3) is 11.0 Å². The first kappa shape index (κ1) is 11.7. The summed E-state index contributed by atoms with van der Waals surface area (Å²) < 4.78 is 70.5. The highest BCUT2D eigenvalue weighted by Crippen LogP contribution is 2.64. The SMILES string of the molecule is O=c1oc2ccc3c4c2c(C(F)(F)F)c1OP(=O)(O3)O4. The van der Waals surface area contributed by atoms with Crippen LogP contribution < -0.4 is 19.2 Å². The number of hydrogen-bond acceptors (Lipinski definition) is 6. The van der Waals surface area contributed by atoms with E-state index in [1.165, 1.54) is 6.07 Å². The van der Waals surface area contributed by atoms with E-state index >= 15 is 0 Å². The summed E-state index contributed by atoms with van der Waals surface area (Å²) in [5.41, 5.74) is -3.13. The van der Waals surface area contributed by atoms with Gasteiger partial charge in [-0.3, -0.25) is 0 Å². The first-order chi connectivity index (χ1) is 9.28. The average Bonchev–Trinajstić information content (AvgIpc) is 2.58. The molecule has 1 aromatic heterocycles. The van der Waals surface area contributed by atoms with Crippen LogP contribution in [-0.2, 0) is 10.7 Å². The zero-order valence-electron chi connectivity index (χ0n) is 9.19. The third kappa shape index (κ3) is 1.30. The Morgan fingerprint density at radius 3 is 2.45 bits per heavy atom. The Labute approximate surface area is 107 Å². The summed E-state index contributed by atoms with van der Waals surface area (Å²) in [5.74, 6) is -1.78. The van der Waals surface area contributed by atoms with Gasteiger partial charge in [-0.2, -0.15) is 17.7 Å². The van der Waals surface area contributed by atoms with E-state index in [2.05, 4.69) is 4.52 Å². The fraction of sp³-hybridized carbons (Fsp3) is 0.100. The zero-order valence-corrected chi connectivity index (χ0v) is 10.1. The van der Waals surface area contributed by atoms with Gasteiger partial charge in [-0.1, -0.05) is 0 Å². The summed E-state index contributed by atoms with van der Waals surface area (Å²) in [6, 6.07) is 2.30. The summed E-state index contributed by atoms with van der Waals surface area (Å²) in [6.07, 6.45) is -4.91. The minimum Gasteiger partial charge on any atom is -0.420 e. The molecule has 0 fully saturated rings. The number of rotatable bonds is 0. The molecule has 1 atom stereocenters. The second-order valence-electron chi connectivity index (χ2n) is 4.08. The van der Waals surface area contributed by atoms with Gasteiger partial charge in [0.2, 0.25) is 5.75 Å². The number of halogens is 3. The van der Waals surface area contributed by atoms with Crippen LogP contribution in [-0.4, -0.2) is 0 Å². The Kier molecular flexibility index (Phi) is 1.82. The van der Waals surface area contributed by atoms with Gasteiger partial charge in [0.05, 0.1) is 5.39 Å². The topological polar surface area (TPSA) is 75.0 Å². The predicted molar refractivity (Wildman–Crippen MR) is 57.0 cm³/mol. The van der Waals surface area contributed by atoms with Crippen LogP contribution in [0.15, 0.2) is 21.3 Å². The van der Waals surface area contributed by atoms with E-state index in [9.17, 15) is 22.5 Å². The Balaban J connectivity index is 2.32. The quantitative estimate of drug-likeness (QED) is 0.550. The van der Waals surface area contributed by atoms with E-state index in [-0.39, 0.29) is 11.3 Å². The standard InChI is InChI=1S/C10H2F3O6P/c11-10(12,13)6-5-3-1-2-4-7(5)18-20(15,17-4)19-8(6)9(14)16-3/h1-2H. The molecule has 10 heteroatoms. The zero-order chi connectivity index (χ0) is 14.3. The first-order valence-corrected chi connectivity index (χ1v) is 6.64. The highest BCUT2D eigenvalue weighted by molar-refractivity contribution is 7.50. The number of phosphoric acid groups is 1. The van der Waals surface area contributed by atoms with Gasteiger partial charge in [-0.25, -0.2) is 4.79 Å². The Morgan fingerprint density at radius 2 is 1.75 bits per heavy atom. The molecule has 104 valence electrons. The minimum absolute atomic E-state index is 0.161. The van der Waals surface area contributed by atoms with Crippen LogP contribution in [0.5, 0.6) is 17.2 Å². The Bertz CT molecular complexity index is 883. The molecule has 0 radical (unpaired) electrons. The molecule has 0 N–H and O–H groups in total. The molecule has 4 rings (SSSR count). The molecule has 6 nitrogen and oxygen atoms in total. The minimum atomic E-state index is -4.91. The number of benzene rings is 1. The van der Waals surface area contributed by atoms with Crippen LogP contribution in [0.2, 0.25) is 0 Å². The van der Waals surface area contributed by atoms with Crippen molar-refractivity contribution in [3.8, 4) is 17.2 Å². The predicted octanol–water partition coefficient (Wildman–Crippen LogP) is 3.08. The van der Waals surface area contributed by atoms with E-state index in [1.54, 1.807) is 0 Å². The van der Waals surface area contributed by atoms with Crippen molar-refractivity contribution in [3.05, 3.63) is 28.1 Å². The van der Waals surface area contributed by atoms with Gasteiger partial charge in [-0.05, 0) is 12.1 Å². The van der Waals surface area contributed by atoms with E-state index in [4.69, 9.17) is 13.5 Å². The fourth-order valence-corrected chi connectivity index (χ4v) is 3.44.